The first kappa shape index (κ1) is 15.7. The summed E-state index contributed by atoms with van der Waals surface area (Å²) < 4.78 is 5.68. The summed E-state index contributed by atoms with van der Waals surface area (Å²) in [6, 6.07) is 10.0. The van der Waals surface area contributed by atoms with Crippen LogP contribution in [0.3, 0.4) is 0 Å². The predicted molar refractivity (Wildman–Crippen MR) is 76.7 cm³/mol. The monoisotopic (exact) mass is 264 g/mol. The Morgan fingerprint density at radius 2 is 2.05 bits per heavy atom. The molecule has 0 aliphatic carbocycles. The quantitative estimate of drug-likeness (QED) is 0.781. The van der Waals surface area contributed by atoms with E-state index in [1.54, 1.807) is 11.9 Å². The van der Waals surface area contributed by atoms with Gasteiger partial charge in [-0.2, -0.15) is 0 Å². The predicted octanol–water partition coefficient (Wildman–Crippen LogP) is 1.96. The number of rotatable bonds is 8. The molecule has 0 radical (unpaired) electrons. The van der Waals surface area contributed by atoms with Crippen molar-refractivity contribution in [3.05, 3.63) is 35.9 Å². The fourth-order valence-corrected chi connectivity index (χ4v) is 1.79. The second-order valence-electron chi connectivity index (χ2n) is 4.63. The van der Waals surface area contributed by atoms with E-state index in [1.165, 1.54) is 0 Å². The molecule has 0 heterocycles. The molecule has 4 heteroatoms. The number of nitrogens with two attached hydrogens (primary N) is 1. The summed E-state index contributed by atoms with van der Waals surface area (Å²) in [4.78, 5) is 13.5. The topological polar surface area (TPSA) is 55.6 Å². The minimum atomic E-state index is 0.0170. The van der Waals surface area contributed by atoms with E-state index in [0.29, 0.717) is 26.1 Å². The average Bonchev–Trinajstić information content (AvgIpc) is 2.45. The Bertz CT molecular complexity index is 368. The maximum Gasteiger partial charge on any atom is 0.224 e. The molecule has 0 aliphatic rings. The van der Waals surface area contributed by atoms with Crippen molar-refractivity contribution in [3.63, 3.8) is 0 Å². The highest BCUT2D eigenvalue weighted by Crippen LogP contribution is 2.15. The van der Waals surface area contributed by atoms with Gasteiger partial charge in [-0.3, -0.25) is 4.79 Å². The number of carbonyl (C=O) groups is 1. The number of hydrogen-bond acceptors (Lipinski definition) is 3. The first-order valence-corrected chi connectivity index (χ1v) is 6.75. The first-order valence-electron chi connectivity index (χ1n) is 6.75. The van der Waals surface area contributed by atoms with Crippen molar-refractivity contribution in [2.75, 3.05) is 26.7 Å². The van der Waals surface area contributed by atoms with Gasteiger partial charge in [-0.05, 0) is 25.5 Å². The van der Waals surface area contributed by atoms with Crippen LogP contribution >= 0.6 is 0 Å². The normalized spacial score (nSPS) is 12.2. The van der Waals surface area contributed by atoms with Gasteiger partial charge in [-0.15, -0.1) is 0 Å². The maximum atomic E-state index is 11.8. The van der Waals surface area contributed by atoms with Gasteiger partial charge in [0.2, 0.25) is 5.91 Å². The van der Waals surface area contributed by atoms with Gasteiger partial charge >= 0.3 is 0 Å². The summed E-state index contributed by atoms with van der Waals surface area (Å²) in [6.45, 7) is 3.77. The maximum absolute atomic E-state index is 11.8. The lowest BCUT2D eigenvalue weighted by atomic mass is 10.1. The second kappa shape index (κ2) is 8.67. The van der Waals surface area contributed by atoms with Crippen LogP contribution < -0.4 is 5.73 Å². The third-order valence-electron chi connectivity index (χ3n) is 3.08. The summed E-state index contributed by atoms with van der Waals surface area (Å²) in [7, 11) is 1.80. The van der Waals surface area contributed by atoms with Gasteiger partial charge in [-0.1, -0.05) is 30.3 Å². The Kier molecular flexibility index (Phi) is 7.15. The van der Waals surface area contributed by atoms with Crippen LogP contribution in [0.15, 0.2) is 30.3 Å². The van der Waals surface area contributed by atoms with Gasteiger partial charge < -0.3 is 15.4 Å². The van der Waals surface area contributed by atoms with E-state index in [1.807, 2.05) is 37.3 Å². The SMILES string of the molecule is CC(OCCC(=O)N(C)CCCN)c1ccccc1. The first-order chi connectivity index (χ1) is 9.15. The lowest BCUT2D eigenvalue weighted by molar-refractivity contribution is -0.131. The van der Waals surface area contributed by atoms with Crippen molar-refractivity contribution >= 4 is 5.91 Å². The fraction of sp³-hybridized carbons (Fsp3) is 0.533. The number of carbonyl (C=O) groups excluding carboxylic acids is 1. The van der Waals surface area contributed by atoms with Crippen molar-refractivity contribution in [2.24, 2.45) is 5.73 Å². The van der Waals surface area contributed by atoms with E-state index in [2.05, 4.69) is 0 Å². The van der Waals surface area contributed by atoms with E-state index in [-0.39, 0.29) is 12.0 Å². The lowest BCUT2D eigenvalue weighted by Crippen LogP contribution is -2.29. The zero-order chi connectivity index (χ0) is 14.1. The van der Waals surface area contributed by atoms with Gasteiger partial charge in [0.15, 0.2) is 0 Å². The molecule has 0 aliphatic heterocycles. The van der Waals surface area contributed by atoms with Crippen LogP contribution in [0.4, 0.5) is 0 Å². The van der Waals surface area contributed by atoms with Crippen molar-refractivity contribution in [3.8, 4) is 0 Å². The smallest absolute Gasteiger partial charge is 0.224 e. The highest BCUT2D eigenvalue weighted by molar-refractivity contribution is 5.75. The third kappa shape index (κ3) is 5.85. The molecule has 1 unspecified atom stereocenters. The van der Waals surface area contributed by atoms with Crippen molar-refractivity contribution in [1.29, 1.82) is 0 Å². The van der Waals surface area contributed by atoms with Gasteiger partial charge in [-0.25, -0.2) is 0 Å². The molecule has 2 N–H and O–H groups in total. The molecule has 1 aromatic rings. The number of hydrogen-bond donors (Lipinski definition) is 1. The van der Waals surface area contributed by atoms with Crippen molar-refractivity contribution in [2.45, 2.75) is 25.9 Å². The molecule has 1 aromatic carbocycles. The van der Waals surface area contributed by atoms with Crippen LogP contribution in [0.1, 0.15) is 31.4 Å². The molecule has 4 nitrogen and oxygen atoms in total. The number of ether oxygens (including phenoxy) is 1. The van der Waals surface area contributed by atoms with Crippen LogP contribution in [0.5, 0.6) is 0 Å². The Morgan fingerprint density at radius 1 is 1.37 bits per heavy atom. The molecular weight excluding hydrogens is 240 g/mol. The van der Waals surface area contributed by atoms with Crippen LogP contribution in [-0.4, -0.2) is 37.6 Å². The molecular formula is C15H24N2O2. The molecule has 0 saturated carbocycles. The van der Waals surface area contributed by atoms with E-state index < -0.39 is 0 Å². The minimum Gasteiger partial charge on any atom is -0.373 e. The van der Waals surface area contributed by atoms with Gasteiger partial charge in [0.1, 0.15) is 0 Å². The molecule has 0 spiro atoms. The minimum absolute atomic E-state index is 0.0170. The Labute approximate surface area is 115 Å². The average molecular weight is 264 g/mol. The molecule has 1 atom stereocenters. The third-order valence-corrected chi connectivity index (χ3v) is 3.08. The Balaban J connectivity index is 2.24. The standard InChI is InChI=1S/C15H24N2O2/c1-13(14-7-4-3-5-8-14)19-12-9-15(18)17(2)11-6-10-16/h3-5,7-8,13H,6,9-12,16H2,1-2H3. The van der Waals surface area contributed by atoms with E-state index in [4.69, 9.17) is 10.5 Å². The molecule has 1 amide bonds. The van der Waals surface area contributed by atoms with Crippen molar-refractivity contribution < 1.29 is 9.53 Å². The Hall–Kier alpha value is -1.39. The van der Waals surface area contributed by atoms with Crippen LogP contribution in [0.2, 0.25) is 0 Å². The van der Waals surface area contributed by atoms with Gasteiger partial charge in [0, 0.05) is 13.6 Å². The number of amides is 1. The highest BCUT2D eigenvalue weighted by Gasteiger charge is 2.10. The van der Waals surface area contributed by atoms with Gasteiger partial charge in [0.25, 0.3) is 0 Å². The van der Waals surface area contributed by atoms with Crippen LogP contribution in [0, 0.1) is 0 Å². The van der Waals surface area contributed by atoms with E-state index in [9.17, 15) is 4.79 Å². The highest BCUT2D eigenvalue weighted by atomic mass is 16.5. The van der Waals surface area contributed by atoms with E-state index in [0.717, 1.165) is 12.0 Å². The molecule has 0 aromatic heterocycles. The van der Waals surface area contributed by atoms with Crippen molar-refractivity contribution in [1.82, 2.24) is 4.90 Å². The summed E-state index contributed by atoms with van der Waals surface area (Å²) in [5, 5.41) is 0. The molecule has 0 bridgehead atoms. The molecule has 0 fully saturated rings. The second-order valence-corrected chi connectivity index (χ2v) is 4.63. The molecule has 19 heavy (non-hydrogen) atoms. The summed E-state index contributed by atoms with van der Waals surface area (Å²) >= 11 is 0. The van der Waals surface area contributed by atoms with E-state index >= 15 is 0 Å². The summed E-state index contributed by atoms with van der Waals surface area (Å²) in [5.74, 6) is 0.105. The van der Waals surface area contributed by atoms with Gasteiger partial charge in [0.05, 0.1) is 19.1 Å². The largest absolute Gasteiger partial charge is 0.373 e. The van der Waals surface area contributed by atoms with Crippen LogP contribution in [-0.2, 0) is 9.53 Å². The molecule has 1 rings (SSSR count). The fourth-order valence-electron chi connectivity index (χ4n) is 1.79. The molecule has 106 valence electrons. The Morgan fingerprint density at radius 3 is 2.68 bits per heavy atom. The molecule has 0 saturated heterocycles. The zero-order valence-electron chi connectivity index (χ0n) is 11.8. The summed E-state index contributed by atoms with van der Waals surface area (Å²) in [5.41, 5.74) is 6.55. The number of nitrogens with zero attached hydrogens (tertiary/aromatic N) is 1. The zero-order valence-corrected chi connectivity index (χ0v) is 11.8. The number of benzene rings is 1. The van der Waals surface area contributed by atoms with Crippen LogP contribution in [0.25, 0.3) is 0 Å². The lowest BCUT2D eigenvalue weighted by Gasteiger charge is -2.18. The summed E-state index contributed by atoms with van der Waals surface area (Å²) in [6.07, 6.45) is 1.27.